The van der Waals surface area contributed by atoms with Crippen LogP contribution < -0.4 is 10.2 Å². The van der Waals surface area contributed by atoms with Crippen molar-refractivity contribution in [2.75, 3.05) is 24.3 Å². The third-order valence-electron chi connectivity index (χ3n) is 3.93. The molecule has 0 aliphatic rings. The highest BCUT2D eigenvalue weighted by Gasteiger charge is 2.15. The maximum atomic E-state index is 12.7. The molecule has 3 rings (SSSR count). The number of nitrogens with one attached hydrogen (secondary N) is 1. The lowest BCUT2D eigenvalue weighted by Gasteiger charge is -2.13. The molecule has 144 valence electrons. The van der Waals surface area contributed by atoms with Crippen LogP contribution in [0.5, 0.6) is 0 Å². The molecular weight excluding hydrogens is 397 g/mol. The number of carbonyl (C=O) groups excluding carboxylic acids is 1. The van der Waals surface area contributed by atoms with Crippen LogP contribution in [-0.2, 0) is 6.42 Å². The minimum absolute atomic E-state index is 0.152. The third-order valence-corrected chi connectivity index (χ3v) is 4.56. The molecule has 1 aromatic carbocycles. The predicted octanol–water partition coefficient (Wildman–Crippen LogP) is 4.72. The number of pyridine rings is 1. The smallest absolute Gasteiger partial charge is 0.226 e. The molecule has 0 amide bonds. The Bertz CT molecular complexity index is 1000. The van der Waals surface area contributed by atoms with Crippen molar-refractivity contribution in [3.05, 3.63) is 69.5 Å². The van der Waals surface area contributed by atoms with Crippen molar-refractivity contribution in [2.45, 2.75) is 13.3 Å². The van der Waals surface area contributed by atoms with E-state index in [0.29, 0.717) is 33.2 Å². The van der Waals surface area contributed by atoms with E-state index in [9.17, 15) is 4.79 Å². The first-order valence-corrected chi connectivity index (χ1v) is 9.31. The molecule has 0 saturated carbocycles. The first-order valence-electron chi connectivity index (χ1n) is 8.55. The van der Waals surface area contributed by atoms with Crippen molar-refractivity contribution < 1.29 is 4.79 Å². The molecule has 0 spiro atoms. The third kappa shape index (κ3) is 4.77. The van der Waals surface area contributed by atoms with E-state index in [2.05, 4.69) is 20.3 Å². The molecule has 2 heterocycles. The topological polar surface area (TPSA) is 71.0 Å². The fraction of sp³-hybridized carbons (Fsp3) is 0.200. The number of aryl methyl sites for hydroxylation is 1. The molecule has 0 bridgehead atoms. The van der Waals surface area contributed by atoms with Crippen LogP contribution in [0.1, 0.15) is 21.6 Å². The highest BCUT2D eigenvalue weighted by atomic mass is 35.5. The highest BCUT2D eigenvalue weighted by molar-refractivity contribution is 6.39. The quantitative estimate of drug-likeness (QED) is 0.587. The van der Waals surface area contributed by atoms with Gasteiger partial charge in [-0.15, -0.1) is 0 Å². The molecule has 8 heteroatoms. The van der Waals surface area contributed by atoms with Crippen molar-refractivity contribution in [3.63, 3.8) is 0 Å². The normalized spacial score (nSPS) is 10.6. The molecule has 0 radical (unpaired) electrons. The lowest BCUT2D eigenvalue weighted by atomic mass is 10.0. The van der Waals surface area contributed by atoms with Gasteiger partial charge in [0.25, 0.3) is 0 Å². The van der Waals surface area contributed by atoms with E-state index >= 15 is 0 Å². The van der Waals surface area contributed by atoms with Crippen molar-refractivity contribution in [3.8, 4) is 0 Å². The lowest BCUT2D eigenvalue weighted by Crippen LogP contribution is -2.14. The molecular formula is C20H19Cl2N5O. The number of rotatable bonds is 6. The van der Waals surface area contributed by atoms with Gasteiger partial charge in [-0.25, -0.2) is 9.97 Å². The summed E-state index contributed by atoms with van der Waals surface area (Å²) in [5.74, 6) is 1.66. The summed E-state index contributed by atoms with van der Waals surface area (Å²) in [4.78, 5) is 27.6. The van der Waals surface area contributed by atoms with Gasteiger partial charge in [0.15, 0.2) is 5.78 Å². The minimum atomic E-state index is -0.152. The Balaban J connectivity index is 1.80. The molecule has 0 aliphatic carbocycles. The van der Waals surface area contributed by atoms with Crippen LogP contribution >= 0.6 is 23.2 Å². The molecule has 2 aromatic heterocycles. The van der Waals surface area contributed by atoms with Crippen LogP contribution in [0.25, 0.3) is 0 Å². The molecule has 0 atom stereocenters. The average molecular weight is 416 g/mol. The Kier molecular flexibility index (Phi) is 6.11. The van der Waals surface area contributed by atoms with Crippen molar-refractivity contribution in [1.82, 2.24) is 15.0 Å². The van der Waals surface area contributed by atoms with E-state index in [0.717, 1.165) is 11.3 Å². The molecule has 0 aliphatic heterocycles. The number of benzene rings is 1. The standard InChI is InChI=1S/C20H19Cl2N5O/c1-12-9-18(26-20(24-12)27(2)3)25-17-11-13(7-8-23-17)10-16(28)19-14(21)5-4-6-15(19)22/h4-9,11H,10H2,1-3H3,(H,23,24,25,26). The highest BCUT2D eigenvalue weighted by Crippen LogP contribution is 2.26. The SMILES string of the molecule is Cc1cc(Nc2cc(CC(=O)c3c(Cl)cccc3Cl)ccn2)nc(N(C)C)n1. The molecule has 0 fully saturated rings. The van der Waals surface area contributed by atoms with Crippen LogP contribution in [0.4, 0.5) is 17.6 Å². The van der Waals surface area contributed by atoms with Crippen LogP contribution in [0.2, 0.25) is 10.0 Å². The first kappa shape index (κ1) is 20.0. The number of hydrogen-bond donors (Lipinski definition) is 1. The number of carbonyl (C=O) groups is 1. The van der Waals surface area contributed by atoms with Gasteiger partial charge < -0.3 is 10.2 Å². The second-order valence-corrected chi connectivity index (χ2v) is 7.27. The fourth-order valence-electron chi connectivity index (χ4n) is 2.64. The summed E-state index contributed by atoms with van der Waals surface area (Å²) in [5, 5.41) is 3.85. The van der Waals surface area contributed by atoms with E-state index < -0.39 is 0 Å². The van der Waals surface area contributed by atoms with Crippen molar-refractivity contribution in [2.24, 2.45) is 0 Å². The summed E-state index contributed by atoms with van der Waals surface area (Å²) in [6, 6.07) is 10.4. The molecule has 0 unspecified atom stereocenters. The van der Waals surface area contributed by atoms with Crippen molar-refractivity contribution >= 4 is 46.6 Å². The van der Waals surface area contributed by atoms with Gasteiger partial charge in [-0.2, -0.15) is 4.98 Å². The summed E-state index contributed by atoms with van der Waals surface area (Å²) >= 11 is 12.3. The second kappa shape index (κ2) is 8.54. The van der Waals surface area contributed by atoms with E-state index in [1.165, 1.54) is 0 Å². The molecule has 1 N–H and O–H groups in total. The Morgan fingerprint density at radius 1 is 1.07 bits per heavy atom. The summed E-state index contributed by atoms with van der Waals surface area (Å²) in [7, 11) is 3.76. The molecule has 28 heavy (non-hydrogen) atoms. The molecule has 6 nitrogen and oxygen atoms in total. The van der Waals surface area contributed by atoms with Crippen LogP contribution in [0, 0.1) is 6.92 Å². The van der Waals surface area contributed by atoms with Crippen LogP contribution in [0.15, 0.2) is 42.6 Å². The molecule has 3 aromatic rings. The van der Waals surface area contributed by atoms with Gasteiger partial charge in [-0.05, 0) is 36.8 Å². The van der Waals surface area contributed by atoms with Gasteiger partial charge in [0.1, 0.15) is 11.6 Å². The number of ketones is 1. The summed E-state index contributed by atoms with van der Waals surface area (Å²) in [5.41, 5.74) is 1.96. The fourth-order valence-corrected chi connectivity index (χ4v) is 3.25. The van der Waals surface area contributed by atoms with Crippen LogP contribution in [0.3, 0.4) is 0 Å². The number of aromatic nitrogens is 3. The zero-order chi connectivity index (χ0) is 20.3. The van der Waals surface area contributed by atoms with Gasteiger partial charge in [0.2, 0.25) is 5.95 Å². The Morgan fingerprint density at radius 3 is 2.46 bits per heavy atom. The van der Waals surface area contributed by atoms with E-state index in [1.807, 2.05) is 32.0 Å². The summed E-state index contributed by atoms with van der Waals surface area (Å²) in [6.07, 6.45) is 1.80. The maximum absolute atomic E-state index is 12.7. The van der Waals surface area contributed by atoms with Gasteiger partial charge in [-0.1, -0.05) is 29.3 Å². The van der Waals surface area contributed by atoms with Gasteiger partial charge in [0.05, 0.1) is 15.6 Å². The summed E-state index contributed by atoms with van der Waals surface area (Å²) < 4.78 is 0. The maximum Gasteiger partial charge on any atom is 0.226 e. The number of halogens is 2. The van der Waals surface area contributed by atoms with E-state index in [-0.39, 0.29) is 12.2 Å². The average Bonchev–Trinajstić information content (AvgIpc) is 2.61. The van der Waals surface area contributed by atoms with Gasteiger partial charge in [-0.3, -0.25) is 4.79 Å². The molecule has 0 saturated heterocycles. The minimum Gasteiger partial charge on any atom is -0.347 e. The van der Waals surface area contributed by atoms with Gasteiger partial charge >= 0.3 is 0 Å². The number of Topliss-reactive ketones (excluding diaryl/α,β-unsaturated/α-hetero) is 1. The monoisotopic (exact) mass is 415 g/mol. The Labute approximate surface area is 173 Å². The first-order chi connectivity index (χ1) is 13.3. The van der Waals surface area contributed by atoms with E-state index in [4.69, 9.17) is 23.2 Å². The zero-order valence-electron chi connectivity index (χ0n) is 15.7. The Morgan fingerprint density at radius 2 is 1.79 bits per heavy atom. The number of hydrogen-bond acceptors (Lipinski definition) is 6. The summed E-state index contributed by atoms with van der Waals surface area (Å²) in [6.45, 7) is 1.90. The van der Waals surface area contributed by atoms with Gasteiger partial charge in [0, 0.05) is 38.5 Å². The zero-order valence-corrected chi connectivity index (χ0v) is 17.2. The van der Waals surface area contributed by atoms with E-state index in [1.54, 1.807) is 36.5 Å². The van der Waals surface area contributed by atoms with Crippen LogP contribution in [-0.4, -0.2) is 34.8 Å². The van der Waals surface area contributed by atoms with Crippen molar-refractivity contribution in [1.29, 1.82) is 0 Å². The Hall–Kier alpha value is -2.70. The predicted molar refractivity (Wildman–Crippen MR) is 113 cm³/mol. The number of nitrogens with zero attached hydrogens (tertiary/aromatic N) is 4. The number of anilines is 3. The second-order valence-electron chi connectivity index (χ2n) is 6.46. The largest absolute Gasteiger partial charge is 0.347 e. The lowest BCUT2D eigenvalue weighted by molar-refractivity contribution is 0.0993.